The van der Waals surface area contributed by atoms with Gasteiger partial charge in [0.05, 0.1) is 11.8 Å². The lowest BCUT2D eigenvalue weighted by molar-refractivity contribution is -0.142. The number of carboxylic acid groups (broad SMARTS) is 1. The van der Waals surface area contributed by atoms with Crippen molar-refractivity contribution in [3.63, 3.8) is 0 Å². The van der Waals surface area contributed by atoms with Crippen LogP contribution in [0, 0.1) is 11.8 Å². The van der Waals surface area contributed by atoms with E-state index in [1.165, 1.54) is 0 Å². The van der Waals surface area contributed by atoms with Crippen molar-refractivity contribution in [1.29, 1.82) is 0 Å². The van der Waals surface area contributed by atoms with Gasteiger partial charge >= 0.3 is 12.0 Å². The molecule has 4 rings (SSSR count). The molecule has 0 aromatic heterocycles. The van der Waals surface area contributed by atoms with Crippen LogP contribution in [0.2, 0.25) is 0 Å². The summed E-state index contributed by atoms with van der Waals surface area (Å²) in [5.41, 5.74) is 0.963. The molecule has 3 atom stereocenters. The first-order valence-corrected chi connectivity index (χ1v) is 10.6. The minimum Gasteiger partial charge on any atom is -0.481 e. The lowest BCUT2D eigenvalue weighted by Crippen LogP contribution is -2.50. The average molecular weight is 399 g/mol. The number of carboxylic acids is 1. The Balaban J connectivity index is 1.43. The number of urea groups is 1. The zero-order chi connectivity index (χ0) is 20.4. The third-order valence-electron chi connectivity index (χ3n) is 6.59. The van der Waals surface area contributed by atoms with Crippen molar-refractivity contribution in [2.24, 2.45) is 11.8 Å². The highest BCUT2D eigenvalue weighted by molar-refractivity contribution is 5.83. The summed E-state index contributed by atoms with van der Waals surface area (Å²) >= 11 is 0. The fourth-order valence-corrected chi connectivity index (χ4v) is 4.99. The van der Waals surface area contributed by atoms with E-state index in [2.05, 4.69) is 0 Å². The molecule has 3 fully saturated rings. The van der Waals surface area contributed by atoms with Gasteiger partial charge in [0.2, 0.25) is 5.91 Å². The largest absolute Gasteiger partial charge is 0.481 e. The van der Waals surface area contributed by atoms with Gasteiger partial charge in [-0.15, -0.1) is 0 Å². The molecule has 0 saturated carbocycles. The van der Waals surface area contributed by atoms with Gasteiger partial charge in [0, 0.05) is 45.2 Å². The minimum absolute atomic E-state index is 0.00592. The number of likely N-dealkylation sites (tertiary alicyclic amines) is 3. The summed E-state index contributed by atoms with van der Waals surface area (Å²) < 4.78 is 0. The van der Waals surface area contributed by atoms with Crippen LogP contribution in [-0.4, -0.2) is 77.0 Å². The van der Waals surface area contributed by atoms with Crippen LogP contribution in [0.25, 0.3) is 0 Å². The maximum atomic E-state index is 13.2. The molecule has 7 heteroatoms. The lowest BCUT2D eigenvalue weighted by atomic mass is 9.89. The second kappa shape index (κ2) is 8.43. The maximum absolute atomic E-state index is 13.2. The van der Waals surface area contributed by atoms with Gasteiger partial charge < -0.3 is 19.8 Å². The minimum atomic E-state index is -0.858. The zero-order valence-electron chi connectivity index (χ0n) is 16.7. The van der Waals surface area contributed by atoms with Gasteiger partial charge in [-0.05, 0) is 31.2 Å². The van der Waals surface area contributed by atoms with Crippen molar-refractivity contribution in [3.05, 3.63) is 35.9 Å². The number of benzene rings is 1. The number of piperidine rings is 1. The summed E-state index contributed by atoms with van der Waals surface area (Å²) in [6.45, 7) is 3.42. The number of hydrogen-bond donors (Lipinski definition) is 1. The zero-order valence-corrected chi connectivity index (χ0v) is 16.7. The van der Waals surface area contributed by atoms with Crippen LogP contribution in [0.5, 0.6) is 0 Å². The molecule has 1 unspecified atom stereocenters. The summed E-state index contributed by atoms with van der Waals surface area (Å²) in [6.07, 6.45) is 3.67. The Morgan fingerprint density at radius 2 is 1.52 bits per heavy atom. The van der Waals surface area contributed by atoms with Crippen LogP contribution in [0.4, 0.5) is 4.79 Å². The van der Waals surface area contributed by atoms with Crippen molar-refractivity contribution >= 4 is 17.9 Å². The predicted molar refractivity (Wildman–Crippen MR) is 107 cm³/mol. The van der Waals surface area contributed by atoms with E-state index in [9.17, 15) is 19.5 Å². The number of nitrogens with zero attached hydrogens (tertiary/aromatic N) is 3. The van der Waals surface area contributed by atoms with E-state index in [-0.39, 0.29) is 30.3 Å². The summed E-state index contributed by atoms with van der Waals surface area (Å²) in [4.78, 5) is 43.2. The normalized spacial score (nSPS) is 27.3. The fourth-order valence-electron chi connectivity index (χ4n) is 4.99. The molecule has 3 saturated heterocycles. The van der Waals surface area contributed by atoms with Crippen LogP contribution in [0.3, 0.4) is 0 Å². The summed E-state index contributed by atoms with van der Waals surface area (Å²) in [6, 6.07) is 9.64. The van der Waals surface area contributed by atoms with Gasteiger partial charge in [-0.1, -0.05) is 30.3 Å². The second-order valence-electron chi connectivity index (χ2n) is 8.47. The van der Waals surface area contributed by atoms with E-state index in [1.54, 1.807) is 4.90 Å². The number of carbonyl (C=O) groups excluding carboxylic acids is 2. The molecular weight excluding hydrogens is 370 g/mol. The van der Waals surface area contributed by atoms with Gasteiger partial charge in [-0.25, -0.2) is 4.79 Å². The molecule has 29 heavy (non-hydrogen) atoms. The van der Waals surface area contributed by atoms with Crippen LogP contribution < -0.4 is 0 Å². The van der Waals surface area contributed by atoms with Crippen LogP contribution in [-0.2, 0) is 9.59 Å². The molecule has 3 aliphatic rings. The predicted octanol–water partition coefficient (Wildman–Crippen LogP) is 2.24. The molecule has 0 aliphatic carbocycles. The Morgan fingerprint density at radius 3 is 2.21 bits per heavy atom. The number of hydrogen-bond acceptors (Lipinski definition) is 3. The second-order valence-corrected chi connectivity index (χ2v) is 8.47. The quantitative estimate of drug-likeness (QED) is 0.845. The lowest BCUT2D eigenvalue weighted by Gasteiger charge is -2.36. The standard InChI is InChI=1S/C22H29N3O4/c26-20(17-9-6-12-24(13-17)22(29)23-10-4-5-11-23)25-14-18(19(15-25)21(27)28)16-7-2-1-3-8-16/h1-3,7-8,17-19H,4-6,9-15H2,(H,27,28)/t17?,18-,19-/m1/s1. The summed E-state index contributed by atoms with van der Waals surface area (Å²) in [5.74, 6) is -1.88. The first-order chi connectivity index (χ1) is 14.0. The van der Waals surface area contributed by atoms with Gasteiger partial charge in [0.1, 0.15) is 0 Å². The first-order valence-electron chi connectivity index (χ1n) is 10.6. The molecule has 7 nitrogen and oxygen atoms in total. The molecule has 0 bridgehead atoms. The van der Waals surface area contributed by atoms with Crippen LogP contribution >= 0.6 is 0 Å². The Bertz CT molecular complexity index is 763. The Hall–Kier alpha value is -2.57. The molecule has 3 amide bonds. The third kappa shape index (κ3) is 4.09. The number of amides is 3. The maximum Gasteiger partial charge on any atom is 0.320 e. The van der Waals surface area contributed by atoms with E-state index in [0.29, 0.717) is 19.6 Å². The first kappa shape index (κ1) is 19.7. The van der Waals surface area contributed by atoms with Crippen molar-refractivity contribution in [1.82, 2.24) is 14.7 Å². The highest BCUT2D eigenvalue weighted by Crippen LogP contribution is 2.34. The van der Waals surface area contributed by atoms with Crippen molar-refractivity contribution in [2.45, 2.75) is 31.6 Å². The van der Waals surface area contributed by atoms with Crippen LogP contribution in [0.1, 0.15) is 37.2 Å². The highest BCUT2D eigenvalue weighted by atomic mass is 16.4. The molecular formula is C22H29N3O4. The van der Waals surface area contributed by atoms with Gasteiger partial charge in [0.15, 0.2) is 0 Å². The topological polar surface area (TPSA) is 81.2 Å². The molecule has 0 radical (unpaired) electrons. The molecule has 3 aliphatic heterocycles. The molecule has 3 heterocycles. The van der Waals surface area contributed by atoms with Crippen molar-refractivity contribution in [3.8, 4) is 0 Å². The van der Waals surface area contributed by atoms with Gasteiger partial charge in [0.25, 0.3) is 0 Å². The highest BCUT2D eigenvalue weighted by Gasteiger charge is 2.43. The SMILES string of the molecule is O=C(O)[C@@H]1CN(C(=O)C2CCCN(C(=O)N3CCCC3)C2)C[C@@H]1c1ccccc1. The van der Waals surface area contributed by atoms with E-state index in [1.807, 2.05) is 40.1 Å². The van der Waals surface area contributed by atoms with E-state index in [0.717, 1.165) is 44.3 Å². The average Bonchev–Trinajstić information content (AvgIpc) is 3.44. The number of aliphatic carboxylic acids is 1. The monoisotopic (exact) mass is 399 g/mol. The third-order valence-corrected chi connectivity index (χ3v) is 6.59. The Labute approximate surface area is 171 Å². The van der Waals surface area contributed by atoms with E-state index in [4.69, 9.17) is 0 Å². The molecule has 0 spiro atoms. The molecule has 1 N–H and O–H groups in total. The summed E-state index contributed by atoms with van der Waals surface area (Å²) in [7, 11) is 0. The smallest absolute Gasteiger partial charge is 0.320 e. The Kier molecular flexibility index (Phi) is 5.74. The fraction of sp³-hybridized carbons (Fsp3) is 0.591. The van der Waals surface area contributed by atoms with E-state index < -0.39 is 11.9 Å². The van der Waals surface area contributed by atoms with Crippen molar-refractivity contribution < 1.29 is 19.5 Å². The molecule has 1 aromatic rings. The van der Waals surface area contributed by atoms with Gasteiger partial charge in [-0.2, -0.15) is 0 Å². The number of rotatable bonds is 3. The molecule has 156 valence electrons. The summed E-state index contributed by atoms with van der Waals surface area (Å²) in [5, 5.41) is 9.69. The van der Waals surface area contributed by atoms with E-state index >= 15 is 0 Å². The van der Waals surface area contributed by atoms with Crippen LogP contribution in [0.15, 0.2) is 30.3 Å². The number of carbonyl (C=O) groups is 3. The molecule has 1 aromatic carbocycles. The Morgan fingerprint density at radius 1 is 0.828 bits per heavy atom. The van der Waals surface area contributed by atoms with Crippen molar-refractivity contribution in [2.75, 3.05) is 39.3 Å². The van der Waals surface area contributed by atoms with Gasteiger partial charge in [-0.3, -0.25) is 9.59 Å².